The molecule has 0 bridgehead atoms. The van der Waals surface area contributed by atoms with Gasteiger partial charge in [0, 0.05) is 25.7 Å². The largest absolute Gasteiger partial charge is 0.360 e. The van der Waals surface area contributed by atoms with Gasteiger partial charge in [-0.1, -0.05) is 41.9 Å². The van der Waals surface area contributed by atoms with Crippen LogP contribution in [0, 0.1) is 11.3 Å². The number of pyridine rings is 1. The molecule has 24 heavy (non-hydrogen) atoms. The minimum Gasteiger partial charge on any atom is -0.360 e. The van der Waals surface area contributed by atoms with Gasteiger partial charge >= 0.3 is 0 Å². The van der Waals surface area contributed by atoms with Crippen molar-refractivity contribution in [2.45, 2.75) is 18.9 Å². The lowest BCUT2D eigenvalue weighted by molar-refractivity contribution is -0.127. The molecule has 0 radical (unpaired) electrons. The van der Waals surface area contributed by atoms with Gasteiger partial charge < -0.3 is 10.2 Å². The Hall–Kier alpha value is -2.58. The van der Waals surface area contributed by atoms with Crippen LogP contribution in [0.2, 0.25) is 5.02 Å². The number of rotatable bonds is 5. The maximum absolute atomic E-state index is 12.0. The molecule has 1 fully saturated rings. The molecule has 0 saturated carbocycles. The van der Waals surface area contributed by atoms with Crippen LogP contribution in [0.25, 0.3) is 0 Å². The molecule has 6 heteroatoms. The first-order valence-corrected chi connectivity index (χ1v) is 8.20. The molecule has 1 aromatic heterocycles. The Kier molecular flexibility index (Phi) is 4.97. The lowest BCUT2D eigenvalue weighted by Gasteiger charge is -2.26. The summed E-state index contributed by atoms with van der Waals surface area (Å²) in [4.78, 5) is 18.1. The zero-order valence-electron chi connectivity index (χ0n) is 13.1. The number of hydrogen-bond acceptors (Lipinski definition) is 4. The van der Waals surface area contributed by atoms with E-state index < -0.39 is 0 Å². The second-order valence-electron chi connectivity index (χ2n) is 5.72. The SMILES string of the molecule is N#Cc1cnc(N[C@H](CN2CCCC2=O)c2ccccc2)c(Cl)c1. The third-order valence-corrected chi connectivity index (χ3v) is 4.35. The van der Waals surface area contributed by atoms with Crippen molar-refractivity contribution in [3.63, 3.8) is 0 Å². The number of likely N-dealkylation sites (tertiary alicyclic amines) is 1. The number of benzene rings is 1. The molecule has 1 aromatic carbocycles. The first-order chi connectivity index (χ1) is 11.7. The molecular weight excluding hydrogens is 324 g/mol. The summed E-state index contributed by atoms with van der Waals surface area (Å²) in [6.45, 7) is 1.33. The Morgan fingerprint density at radius 3 is 2.79 bits per heavy atom. The van der Waals surface area contributed by atoms with Crippen LogP contribution in [-0.2, 0) is 4.79 Å². The standard InChI is InChI=1S/C18H17ClN4O/c19-15-9-13(10-20)11-21-18(15)22-16(14-5-2-1-3-6-14)12-23-8-4-7-17(23)24/h1-3,5-6,9,11,16H,4,7-8,12H2,(H,21,22)/t16-/m1/s1. The van der Waals surface area contributed by atoms with E-state index in [1.807, 2.05) is 41.3 Å². The number of halogens is 1. The Labute approximate surface area is 145 Å². The highest BCUT2D eigenvalue weighted by Gasteiger charge is 2.25. The van der Waals surface area contributed by atoms with Crippen molar-refractivity contribution >= 4 is 23.3 Å². The highest BCUT2D eigenvalue weighted by molar-refractivity contribution is 6.33. The van der Waals surface area contributed by atoms with Gasteiger partial charge in [0.2, 0.25) is 5.91 Å². The maximum Gasteiger partial charge on any atom is 0.222 e. The molecule has 1 saturated heterocycles. The average molecular weight is 341 g/mol. The summed E-state index contributed by atoms with van der Waals surface area (Å²) in [5.41, 5.74) is 1.47. The molecule has 0 aliphatic carbocycles. The Morgan fingerprint density at radius 1 is 1.38 bits per heavy atom. The van der Waals surface area contributed by atoms with Gasteiger partial charge in [-0.05, 0) is 18.1 Å². The van der Waals surface area contributed by atoms with E-state index in [-0.39, 0.29) is 11.9 Å². The van der Waals surface area contributed by atoms with Gasteiger partial charge in [-0.25, -0.2) is 4.98 Å². The molecule has 0 spiro atoms. The van der Waals surface area contributed by atoms with E-state index >= 15 is 0 Å². The molecule has 1 amide bonds. The van der Waals surface area contributed by atoms with Crippen LogP contribution in [0.1, 0.15) is 30.0 Å². The molecule has 3 rings (SSSR count). The van der Waals surface area contributed by atoms with E-state index in [0.29, 0.717) is 29.4 Å². The summed E-state index contributed by atoms with van der Waals surface area (Å²) >= 11 is 6.23. The smallest absolute Gasteiger partial charge is 0.222 e. The molecule has 1 atom stereocenters. The molecule has 0 unspecified atom stereocenters. The van der Waals surface area contributed by atoms with E-state index in [0.717, 1.165) is 18.5 Å². The highest BCUT2D eigenvalue weighted by atomic mass is 35.5. The van der Waals surface area contributed by atoms with E-state index in [1.165, 1.54) is 6.20 Å². The van der Waals surface area contributed by atoms with Gasteiger partial charge in [0.05, 0.1) is 16.6 Å². The Morgan fingerprint density at radius 2 is 2.17 bits per heavy atom. The van der Waals surface area contributed by atoms with E-state index in [9.17, 15) is 4.79 Å². The lowest BCUT2D eigenvalue weighted by Crippen LogP contribution is -2.32. The fourth-order valence-corrected chi connectivity index (χ4v) is 3.03. The number of nitriles is 1. The molecule has 1 N–H and O–H groups in total. The van der Waals surface area contributed by atoms with Crippen molar-refractivity contribution in [2.24, 2.45) is 0 Å². The molecule has 122 valence electrons. The topological polar surface area (TPSA) is 69.0 Å². The summed E-state index contributed by atoms with van der Waals surface area (Å²) in [5, 5.41) is 12.6. The number of amides is 1. The van der Waals surface area contributed by atoms with Gasteiger partial charge in [-0.3, -0.25) is 4.79 Å². The van der Waals surface area contributed by atoms with Crippen LogP contribution in [0.5, 0.6) is 0 Å². The molecule has 1 aliphatic heterocycles. The third kappa shape index (κ3) is 3.66. The van der Waals surface area contributed by atoms with Crippen LogP contribution in [-0.4, -0.2) is 28.9 Å². The van der Waals surface area contributed by atoms with Crippen LogP contribution in [0.15, 0.2) is 42.6 Å². The van der Waals surface area contributed by atoms with E-state index in [1.54, 1.807) is 6.07 Å². The summed E-state index contributed by atoms with van der Waals surface area (Å²) < 4.78 is 0. The van der Waals surface area contributed by atoms with Gasteiger partial charge in [0.25, 0.3) is 0 Å². The van der Waals surface area contributed by atoms with E-state index in [2.05, 4.69) is 10.3 Å². The van der Waals surface area contributed by atoms with E-state index in [4.69, 9.17) is 16.9 Å². The van der Waals surface area contributed by atoms with Crippen LogP contribution < -0.4 is 5.32 Å². The predicted octanol–water partition coefficient (Wildman–Crippen LogP) is 3.38. The van der Waals surface area contributed by atoms with Crippen molar-refractivity contribution in [3.8, 4) is 6.07 Å². The molecule has 2 aromatic rings. The fraction of sp³-hybridized carbons (Fsp3) is 0.278. The summed E-state index contributed by atoms with van der Waals surface area (Å²) in [7, 11) is 0. The van der Waals surface area contributed by atoms with Crippen molar-refractivity contribution < 1.29 is 4.79 Å². The monoisotopic (exact) mass is 340 g/mol. The van der Waals surface area contributed by atoms with Gasteiger partial charge in [-0.2, -0.15) is 5.26 Å². The first-order valence-electron chi connectivity index (χ1n) is 7.82. The van der Waals surface area contributed by atoms with Gasteiger partial charge in [-0.15, -0.1) is 0 Å². The summed E-state index contributed by atoms with van der Waals surface area (Å²) in [5.74, 6) is 0.688. The minimum absolute atomic E-state index is 0.119. The van der Waals surface area contributed by atoms with Crippen molar-refractivity contribution in [1.29, 1.82) is 5.26 Å². The predicted molar refractivity (Wildman–Crippen MR) is 92.6 cm³/mol. The summed E-state index contributed by atoms with van der Waals surface area (Å²) in [6.07, 6.45) is 2.99. The number of aromatic nitrogens is 1. The average Bonchev–Trinajstić information content (AvgIpc) is 3.01. The fourth-order valence-electron chi connectivity index (χ4n) is 2.81. The second kappa shape index (κ2) is 7.33. The zero-order chi connectivity index (χ0) is 16.9. The highest BCUT2D eigenvalue weighted by Crippen LogP contribution is 2.26. The third-order valence-electron chi connectivity index (χ3n) is 4.06. The molecule has 2 heterocycles. The van der Waals surface area contributed by atoms with Crippen molar-refractivity contribution in [1.82, 2.24) is 9.88 Å². The van der Waals surface area contributed by atoms with Crippen LogP contribution >= 0.6 is 11.6 Å². The lowest BCUT2D eigenvalue weighted by atomic mass is 10.1. The molecular formula is C18H17ClN4O. The quantitative estimate of drug-likeness (QED) is 0.905. The number of anilines is 1. The number of carbonyl (C=O) groups is 1. The number of nitrogens with one attached hydrogen (secondary N) is 1. The maximum atomic E-state index is 12.0. The van der Waals surface area contributed by atoms with Crippen LogP contribution in [0.3, 0.4) is 0 Å². The van der Waals surface area contributed by atoms with Gasteiger partial charge in [0.15, 0.2) is 0 Å². The molecule has 5 nitrogen and oxygen atoms in total. The van der Waals surface area contributed by atoms with Crippen LogP contribution in [0.4, 0.5) is 5.82 Å². The number of nitrogens with zero attached hydrogens (tertiary/aromatic N) is 3. The number of hydrogen-bond donors (Lipinski definition) is 1. The normalized spacial score (nSPS) is 15.2. The van der Waals surface area contributed by atoms with Crippen molar-refractivity contribution in [2.75, 3.05) is 18.4 Å². The Balaban J connectivity index is 1.85. The van der Waals surface area contributed by atoms with Gasteiger partial charge in [0.1, 0.15) is 11.9 Å². The minimum atomic E-state index is -0.119. The summed E-state index contributed by atoms with van der Waals surface area (Å²) in [6, 6.07) is 13.4. The number of carbonyl (C=O) groups excluding carboxylic acids is 1. The zero-order valence-corrected chi connectivity index (χ0v) is 13.8. The Bertz CT molecular complexity index is 772. The van der Waals surface area contributed by atoms with Crippen molar-refractivity contribution in [3.05, 3.63) is 58.7 Å². The first kappa shape index (κ1) is 16.3. The second-order valence-corrected chi connectivity index (χ2v) is 6.12. The molecule has 1 aliphatic rings.